The van der Waals surface area contributed by atoms with Crippen molar-refractivity contribution in [1.29, 1.82) is 5.26 Å². The standard InChI is InChI=1S/C18H24N4O2/c1-20(11-12-23)15-17(13-19)18(24)22-9-7-21(8-10-22)14-16-5-3-2-4-6-16/h2-6,15,23H,7-12,14H2,1H3/b17-15-. The number of hydrogen-bond acceptors (Lipinski definition) is 5. The van der Waals surface area contributed by atoms with Gasteiger partial charge in [0, 0.05) is 52.5 Å². The van der Waals surface area contributed by atoms with Crippen LogP contribution in [0.1, 0.15) is 5.56 Å². The number of likely N-dealkylation sites (N-methyl/N-ethyl adjacent to an activating group) is 1. The SMILES string of the molecule is CN(/C=C(/C#N)C(=O)N1CCN(Cc2ccccc2)CC1)CCO. The highest BCUT2D eigenvalue weighted by molar-refractivity contribution is 5.97. The molecule has 1 heterocycles. The van der Waals surface area contributed by atoms with Crippen LogP contribution >= 0.6 is 0 Å². The second-order valence-electron chi connectivity index (χ2n) is 5.91. The summed E-state index contributed by atoms with van der Waals surface area (Å²) in [5, 5.41) is 18.1. The van der Waals surface area contributed by atoms with Crippen LogP contribution in [0.25, 0.3) is 0 Å². The molecule has 0 radical (unpaired) electrons. The first-order chi connectivity index (χ1) is 11.6. The average molecular weight is 328 g/mol. The predicted octanol–water partition coefficient (Wildman–Crippen LogP) is 0.662. The number of hydrogen-bond donors (Lipinski definition) is 1. The fourth-order valence-corrected chi connectivity index (χ4v) is 2.70. The van der Waals surface area contributed by atoms with E-state index >= 15 is 0 Å². The van der Waals surface area contributed by atoms with Crippen LogP contribution in [0.2, 0.25) is 0 Å². The van der Waals surface area contributed by atoms with Gasteiger partial charge in [0.05, 0.1) is 6.61 Å². The van der Waals surface area contributed by atoms with Crippen LogP contribution in [-0.4, -0.2) is 72.1 Å². The van der Waals surface area contributed by atoms with E-state index in [9.17, 15) is 10.1 Å². The first kappa shape index (κ1) is 18.0. The summed E-state index contributed by atoms with van der Waals surface area (Å²) in [6.45, 7) is 4.09. The van der Waals surface area contributed by atoms with Crippen molar-refractivity contribution in [3.05, 3.63) is 47.7 Å². The molecule has 1 saturated heterocycles. The van der Waals surface area contributed by atoms with Crippen LogP contribution in [0.3, 0.4) is 0 Å². The molecular weight excluding hydrogens is 304 g/mol. The molecule has 1 aliphatic rings. The topological polar surface area (TPSA) is 70.8 Å². The van der Waals surface area contributed by atoms with E-state index in [1.54, 1.807) is 16.8 Å². The van der Waals surface area contributed by atoms with Gasteiger partial charge < -0.3 is 14.9 Å². The number of nitrogens with zero attached hydrogens (tertiary/aromatic N) is 4. The number of amides is 1. The third-order valence-electron chi connectivity index (χ3n) is 4.06. The zero-order chi connectivity index (χ0) is 17.4. The maximum atomic E-state index is 12.5. The van der Waals surface area contributed by atoms with Gasteiger partial charge in [-0.15, -0.1) is 0 Å². The zero-order valence-electron chi connectivity index (χ0n) is 14.1. The number of benzene rings is 1. The number of aliphatic hydroxyl groups excluding tert-OH is 1. The van der Waals surface area contributed by atoms with Crippen LogP contribution < -0.4 is 0 Å². The summed E-state index contributed by atoms with van der Waals surface area (Å²) in [5.74, 6) is -0.235. The van der Waals surface area contributed by atoms with E-state index in [0.29, 0.717) is 19.6 Å². The van der Waals surface area contributed by atoms with Crippen molar-refractivity contribution in [3.8, 4) is 6.07 Å². The Bertz CT molecular complexity index is 601. The van der Waals surface area contributed by atoms with Crippen molar-refractivity contribution < 1.29 is 9.90 Å². The minimum atomic E-state index is -0.235. The first-order valence-corrected chi connectivity index (χ1v) is 8.12. The maximum Gasteiger partial charge on any atom is 0.266 e. The van der Waals surface area contributed by atoms with E-state index in [1.165, 1.54) is 11.8 Å². The van der Waals surface area contributed by atoms with Crippen molar-refractivity contribution in [2.75, 3.05) is 46.4 Å². The Morgan fingerprint density at radius 1 is 1.29 bits per heavy atom. The van der Waals surface area contributed by atoms with Crippen LogP contribution in [0.5, 0.6) is 0 Å². The molecule has 6 heteroatoms. The highest BCUT2D eigenvalue weighted by atomic mass is 16.3. The summed E-state index contributed by atoms with van der Waals surface area (Å²) in [5.41, 5.74) is 1.38. The van der Waals surface area contributed by atoms with Gasteiger partial charge in [0.15, 0.2) is 0 Å². The average Bonchev–Trinajstić information content (AvgIpc) is 2.61. The quantitative estimate of drug-likeness (QED) is 0.614. The van der Waals surface area contributed by atoms with E-state index in [0.717, 1.165) is 19.6 Å². The van der Waals surface area contributed by atoms with Crippen LogP contribution in [0.15, 0.2) is 42.1 Å². The van der Waals surface area contributed by atoms with Crippen molar-refractivity contribution in [3.63, 3.8) is 0 Å². The largest absolute Gasteiger partial charge is 0.395 e. The summed E-state index contributed by atoms with van der Waals surface area (Å²) >= 11 is 0. The van der Waals surface area contributed by atoms with E-state index in [-0.39, 0.29) is 18.1 Å². The third-order valence-corrected chi connectivity index (χ3v) is 4.06. The molecule has 1 aromatic carbocycles. The summed E-state index contributed by atoms with van der Waals surface area (Å²) in [6.07, 6.45) is 1.51. The fraction of sp³-hybridized carbons (Fsp3) is 0.444. The first-order valence-electron chi connectivity index (χ1n) is 8.12. The Hall–Kier alpha value is -2.36. The molecule has 0 bridgehead atoms. The highest BCUT2D eigenvalue weighted by Crippen LogP contribution is 2.11. The van der Waals surface area contributed by atoms with E-state index in [4.69, 9.17) is 5.11 Å². The second kappa shape index (κ2) is 9.06. The smallest absolute Gasteiger partial charge is 0.266 e. The molecule has 0 saturated carbocycles. The molecule has 1 fully saturated rings. The van der Waals surface area contributed by atoms with E-state index in [1.807, 2.05) is 24.3 Å². The van der Waals surface area contributed by atoms with Gasteiger partial charge in [-0.1, -0.05) is 30.3 Å². The van der Waals surface area contributed by atoms with Gasteiger partial charge >= 0.3 is 0 Å². The molecular formula is C18H24N4O2. The van der Waals surface area contributed by atoms with Gasteiger partial charge in [-0.05, 0) is 5.56 Å². The van der Waals surface area contributed by atoms with Crippen LogP contribution in [0, 0.1) is 11.3 Å². The number of aliphatic hydroxyl groups is 1. The van der Waals surface area contributed by atoms with Gasteiger partial charge in [0.1, 0.15) is 11.6 Å². The van der Waals surface area contributed by atoms with Crippen molar-refractivity contribution in [2.24, 2.45) is 0 Å². The predicted molar refractivity (Wildman–Crippen MR) is 91.7 cm³/mol. The van der Waals surface area contributed by atoms with Gasteiger partial charge in [0.2, 0.25) is 0 Å². The maximum absolute atomic E-state index is 12.5. The lowest BCUT2D eigenvalue weighted by Crippen LogP contribution is -2.48. The molecule has 0 aromatic heterocycles. The van der Waals surface area contributed by atoms with Crippen LogP contribution in [-0.2, 0) is 11.3 Å². The molecule has 1 amide bonds. The third kappa shape index (κ3) is 5.08. The molecule has 0 spiro atoms. The van der Waals surface area contributed by atoms with Gasteiger partial charge in [-0.25, -0.2) is 0 Å². The molecule has 0 aliphatic carbocycles. The summed E-state index contributed by atoms with van der Waals surface area (Å²) < 4.78 is 0. The number of rotatable bonds is 6. The van der Waals surface area contributed by atoms with Crippen molar-refractivity contribution >= 4 is 5.91 Å². The van der Waals surface area contributed by atoms with Gasteiger partial charge in [-0.3, -0.25) is 9.69 Å². The highest BCUT2D eigenvalue weighted by Gasteiger charge is 2.23. The lowest BCUT2D eigenvalue weighted by molar-refractivity contribution is -0.128. The monoisotopic (exact) mass is 328 g/mol. The summed E-state index contributed by atoms with van der Waals surface area (Å²) in [7, 11) is 1.73. The Balaban J connectivity index is 1.89. The lowest BCUT2D eigenvalue weighted by Gasteiger charge is -2.34. The Kier molecular flexibility index (Phi) is 6.79. The molecule has 0 unspecified atom stereocenters. The minimum Gasteiger partial charge on any atom is -0.395 e. The molecule has 1 aliphatic heterocycles. The van der Waals surface area contributed by atoms with Gasteiger partial charge in [0.25, 0.3) is 5.91 Å². The fourth-order valence-electron chi connectivity index (χ4n) is 2.70. The summed E-state index contributed by atoms with van der Waals surface area (Å²) in [4.78, 5) is 18.2. The minimum absolute atomic E-state index is 0.0158. The van der Waals surface area contributed by atoms with E-state index in [2.05, 4.69) is 17.0 Å². The molecule has 24 heavy (non-hydrogen) atoms. The Morgan fingerprint density at radius 2 is 1.96 bits per heavy atom. The molecule has 1 N–H and O–H groups in total. The Labute approximate surface area is 143 Å². The number of carbonyl (C=O) groups is 1. The van der Waals surface area contributed by atoms with Crippen LogP contribution in [0.4, 0.5) is 0 Å². The molecule has 128 valence electrons. The molecule has 1 aromatic rings. The molecule has 6 nitrogen and oxygen atoms in total. The number of carbonyl (C=O) groups excluding carboxylic acids is 1. The second-order valence-corrected chi connectivity index (χ2v) is 5.91. The number of piperazine rings is 1. The van der Waals surface area contributed by atoms with Crippen molar-refractivity contribution in [2.45, 2.75) is 6.54 Å². The van der Waals surface area contributed by atoms with Crippen molar-refractivity contribution in [1.82, 2.24) is 14.7 Å². The lowest BCUT2D eigenvalue weighted by atomic mass is 10.2. The summed E-state index contributed by atoms with van der Waals surface area (Å²) in [6, 6.07) is 12.2. The normalized spacial score (nSPS) is 15.9. The Morgan fingerprint density at radius 3 is 2.54 bits per heavy atom. The molecule has 0 atom stereocenters. The van der Waals surface area contributed by atoms with E-state index < -0.39 is 0 Å². The zero-order valence-corrected chi connectivity index (χ0v) is 14.1. The van der Waals surface area contributed by atoms with Gasteiger partial charge in [-0.2, -0.15) is 5.26 Å². The number of nitriles is 1. The molecule has 2 rings (SSSR count).